The summed E-state index contributed by atoms with van der Waals surface area (Å²) in [6.07, 6.45) is 0.671. The summed E-state index contributed by atoms with van der Waals surface area (Å²) in [6.45, 7) is 5.80. The average molecular weight is 532 g/mol. The first-order chi connectivity index (χ1) is 18.5. The molecule has 9 heteroatoms. The summed E-state index contributed by atoms with van der Waals surface area (Å²) < 4.78 is 6.50. The van der Waals surface area contributed by atoms with Gasteiger partial charge >= 0.3 is 0 Å². The summed E-state index contributed by atoms with van der Waals surface area (Å²) in [5, 5.41) is 13.1. The summed E-state index contributed by atoms with van der Waals surface area (Å²) in [7, 11) is 1.71. The summed E-state index contributed by atoms with van der Waals surface area (Å²) in [6, 6.07) is 21.0. The van der Waals surface area contributed by atoms with Crippen LogP contribution in [0, 0.1) is 0 Å². The molecule has 198 valence electrons. The maximum atomic E-state index is 12.0. The molecule has 0 radical (unpaired) electrons. The summed E-state index contributed by atoms with van der Waals surface area (Å²) in [5.41, 5.74) is 4.44. The van der Waals surface area contributed by atoms with Crippen molar-refractivity contribution < 1.29 is 14.6 Å². The number of nitrogens with zero attached hydrogens (tertiary/aromatic N) is 4. The van der Waals surface area contributed by atoms with Crippen molar-refractivity contribution in [3.8, 4) is 10.4 Å². The van der Waals surface area contributed by atoms with Crippen LogP contribution in [0.5, 0.6) is 0 Å². The number of aliphatic hydroxyl groups excluding tert-OH is 1. The Morgan fingerprint density at radius 1 is 1.08 bits per heavy atom. The number of aromatic nitrogens is 2. The van der Waals surface area contributed by atoms with Crippen LogP contribution in [0.1, 0.15) is 24.1 Å². The van der Waals surface area contributed by atoms with Gasteiger partial charge < -0.3 is 20.1 Å². The lowest BCUT2D eigenvalue weighted by Crippen LogP contribution is -2.50. The summed E-state index contributed by atoms with van der Waals surface area (Å²) in [5.74, 6) is 0.622. The number of ether oxygens (including phenoxy) is 1. The van der Waals surface area contributed by atoms with E-state index in [-0.39, 0.29) is 11.9 Å². The minimum atomic E-state index is -0.934. The molecule has 2 atom stereocenters. The number of methoxy groups -OCH3 is 1. The average Bonchev–Trinajstić information content (AvgIpc) is 3.39. The van der Waals surface area contributed by atoms with Crippen molar-refractivity contribution in [2.24, 2.45) is 0 Å². The van der Waals surface area contributed by atoms with E-state index in [2.05, 4.69) is 62.6 Å². The molecule has 1 aliphatic rings. The van der Waals surface area contributed by atoms with Gasteiger partial charge in [-0.25, -0.2) is 9.97 Å². The van der Waals surface area contributed by atoms with E-state index >= 15 is 0 Å². The maximum absolute atomic E-state index is 12.0. The van der Waals surface area contributed by atoms with E-state index in [9.17, 15) is 9.90 Å². The quantitative estimate of drug-likeness (QED) is 0.335. The third kappa shape index (κ3) is 6.02. The molecule has 2 N–H and O–H groups in total. The van der Waals surface area contributed by atoms with Crippen LogP contribution in [0.4, 0.5) is 5.82 Å². The Bertz CT molecular complexity index is 1350. The van der Waals surface area contributed by atoms with Gasteiger partial charge in [-0.15, -0.1) is 11.3 Å². The van der Waals surface area contributed by atoms with Crippen molar-refractivity contribution in [1.82, 2.24) is 19.8 Å². The highest BCUT2D eigenvalue weighted by Crippen LogP contribution is 2.36. The van der Waals surface area contributed by atoms with Crippen molar-refractivity contribution in [2.75, 3.05) is 45.2 Å². The van der Waals surface area contributed by atoms with Crippen LogP contribution in [0.3, 0.4) is 0 Å². The zero-order valence-electron chi connectivity index (χ0n) is 21.7. The fraction of sp³-hybridized carbons (Fsp3) is 0.345. The number of anilines is 1. The van der Waals surface area contributed by atoms with E-state index in [1.807, 2.05) is 18.2 Å². The number of carbonyl (C=O) groups excluding carboxylic acids is 1. The van der Waals surface area contributed by atoms with Crippen molar-refractivity contribution in [3.63, 3.8) is 0 Å². The van der Waals surface area contributed by atoms with Crippen molar-refractivity contribution in [1.29, 1.82) is 0 Å². The van der Waals surface area contributed by atoms with Gasteiger partial charge in [0.15, 0.2) is 0 Å². The molecule has 1 fully saturated rings. The van der Waals surface area contributed by atoms with E-state index in [0.717, 1.165) is 51.7 Å². The third-order valence-corrected chi connectivity index (χ3v) is 8.02. The lowest BCUT2D eigenvalue weighted by atomic mass is 10.1. The van der Waals surface area contributed by atoms with Gasteiger partial charge in [0.05, 0.1) is 22.9 Å². The molecule has 0 bridgehead atoms. The number of benzene rings is 2. The number of rotatable bonds is 9. The fourth-order valence-corrected chi connectivity index (χ4v) is 5.83. The Morgan fingerprint density at radius 3 is 2.50 bits per heavy atom. The molecule has 4 aromatic rings. The van der Waals surface area contributed by atoms with Gasteiger partial charge in [-0.3, -0.25) is 9.69 Å². The number of fused-ring (bicyclic) bond motifs is 1. The number of hydrogen-bond donors (Lipinski definition) is 2. The molecule has 1 aliphatic heterocycles. The van der Waals surface area contributed by atoms with E-state index in [1.54, 1.807) is 29.7 Å². The summed E-state index contributed by atoms with van der Waals surface area (Å²) >= 11 is 1.68. The topological polar surface area (TPSA) is 90.8 Å². The molecule has 38 heavy (non-hydrogen) atoms. The largest absolute Gasteiger partial charge is 0.384 e. The smallest absolute Gasteiger partial charge is 0.251 e. The molecule has 2 aromatic carbocycles. The second kappa shape index (κ2) is 12.0. The van der Waals surface area contributed by atoms with Crippen molar-refractivity contribution >= 4 is 33.3 Å². The number of amides is 1. The minimum Gasteiger partial charge on any atom is -0.384 e. The SMILES string of the molecule is COCC(Nc1ncnc2cc(-c3ccc(CN4CCN(C(=O)C(C)O)CC4)cc3)sc12)c1ccccc1. The van der Waals surface area contributed by atoms with Crippen LogP contribution in [0.2, 0.25) is 0 Å². The predicted octanol–water partition coefficient (Wildman–Crippen LogP) is 4.18. The molecule has 1 amide bonds. The Morgan fingerprint density at radius 2 is 1.82 bits per heavy atom. The monoisotopic (exact) mass is 531 g/mol. The van der Waals surface area contributed by atoms with Crippen LogP contribution < -0.4 is 5.32 Å². The highest BCUT2D eigenvalue weighted by Gasteiger charge is 2.23. The van der Waals surface area contributed by atoms with Crippen molar-refractivity contribution in [3.05, 3.63) is 78.1 Å². The fourth-order valence-electron chi connectivity index (χ4n) is 4.76. The van der Waals surface area contributed by atoms with E-state index in [4.69, 9.17) is 4.74 Å². The van der Waals surface area contributed by atoms with E-state index < -0.39 is 6.10 Å². The zero-order chi connectivity index (χ0) is 26.5. The Balaban J connectivity index is 1.27. The number of nitrogens with one attached hydrogen (secondary N) is 1. The molecule has 8 nitrogen and oxygen atoms in total. The highest BCUT2D eigenvalue weighted by atomic mass is 32.1. The van der Waals surface area contributed by atoms with Crippen LogP contribution in [-0.2, 0) is 16.1 Å². The normalized spacial score (nSPS) is 15.9. The molecular formula is C29H33N5O3S. The molecule has 2 aromatic heterocycles. The van der Waals surface area contributed by atoms with Gasteiger partial charge in [0, 0.05) is 44.7 Å². The van der Waals surface area contributed by atoms with Gasteiger partial charge in [0.25, 0.3) is 5.91 Å². The molecule has 1 saturated heterocycles. The first kappa shape index (κ1) is 26.2. The predicted molar refractivity (Wildman–Crippen MR) is 151 cm³/mol. The molecule has 3 heterocycles. The van der Waals surface area contributed by atoms with Gasteiger partial charge in [0.2, 0.25) is 0 Å². The van der Waals surface area contributed by atoms with Crippen LogP contribution in [0.25, 0.3) is 20.7 Å². The first-order valence-electron chi connectivity index (χ1n) is 12.9. The number of piperazine rings is 1. The Hall–Kier alpha value is -3.37. The number of thiophene rings is 1. The molecule has 0 spiro atoms. The van der Waals surface area contributed by atoms with Gasteiger partial charge in [-0.05, 0) is 29.7 Å². The van der Waals surface area contributed by atoms with E-state index in [1.165, 1.54) is 12.5 Å². The molecule has 5 rings (SSSR count). The first-order valence-corrected chi connectivity index (χ1v) is 13.7. The van der Waals surface area contributed by atoms with Crippen molar-refractivity contribution in [2.45, 2.75) is 25.6 Å². The van der Waals surface area contributed by atoms with Gasteiger partial charge in [-0.1, -0.05) is 54.6 Å². The minimum absolute atomic E-state index is 0.0174. The molecular weight excluding hydrogens is 498 g/mol. The lowest BCUT2D eigenvalue weighted by Gasteiger charge is -2.35. The van der Waals surface area contributed by atoms with Gasteiger partial charge in [0.1, 0.15) is 18.2 Å². The number of hydrogen-bond acceptors (Lipinski definition) is 8. The van der Waals surface area contributed by atoms with Gasteiger partial charge in [-0.2, -0.15) is 0 Å². The van der Waals surface area contributed by atoms with Crippen LogP contribution >= 0.6 is 11.3 Å². The highest BCUT2D eigenvalue weighted by molar-refractivity contribution is 7.22. The van der Waals surface area contributed by atoms with Crippen LogP contribution in [-0.4, -0.2) is 76.8 Å². The van der Waals surface area contributed by atoms with E-state index in [0.29, 0.717) is 19.7 Å². The molecule has 0 saturated carbocycles. The summed E-state index contributed by atoms with van der Waals surface area (Å²) in [4.78, 5) is 26.3. The second-order valence-corrected chi connectivity index (χ2v) is 10.6. The lowest BCUT2D eigenvalue weighted by molar-refractivity contribution is -0.141. The number of carbonyl (C=O) groups is 1. The molecule has 0 aliphatic carbocycles. The maximum Gasteiger partial charge on any atom is 0.251 e. The Kier molecular flexibility index (Phi) is 8.29. The standard InChI is InChI=1S/C29H33N5O3S/c1-20(35)29(36)34-14-12-33(13-15-34)17-21-8-10-23(11-9-21)26-16-24-27(38-26)28(31-19-30-24)32-25(18-37-2)22-6-4-3-5-7-22/h3-11,16,19-20,25,35H,12-15,17-18H2,1-2H3,(H,30,31,32). The number of aliphatic hydroxyl groups is 1. The van der Waals surface area contributed by atoms with Crippen LogP contribution in [0.15, 0.2) is 67.0 Å². The Labute approximate surface area is 226 Å². The molecule has 2 unspecified atom stereocenters. The zero-order valence-corrected chi connectivity index (χ0v) is 22.5. The second-order valence-electron chi connectivity index (χ2n) is 9.58. The third-order valence-electron chi connectivity index (χ3n) is 6.84.